The molecular formula is C20H27NO2. The molecule has 0 saturated heterocycles. The Hall–Kier alpha value is -2.16. The van der Waals surface area contributed by atoms with E-state index in [-0.39, 0.29) is 6.10 Å². The van der Waals surface area contributed by atoms with Gasteiger partial charge in [-0.15, -0.1) is 0 Å². The molecule has 0 bridgehead atoms. The fourth-order valence-electron chi connectivity index (χ4n) is 2.16. The Bertz CT molecular complexity index is 563. The van der Waals surface area contributed by atoms with Crippen LogP contribution in [0.4, 0.5) is 5.69 Å². The van der Waals surface area contributed by atoms with Gasteiger partial charge in [0.1, 0.15) is 17.6 Å². The van der Waals surface area contributed by atoms with Gasteiger partial charge in [-0.3, -0.25) is 0 Å². The molecule has 124 valence electrons. The van der Waals surface area contributed by atoms with Gasteiger partial charge in [0.15, 0.2) is 0 Å². The fourth-order valence-corrected chi connectivity index (χ4v) is 2.16. The zero-order valence-corrected chi connectivity index (χ0v) is 14.3. The Morgan fingerprint density at radius 1 is 0.957 bits per heavy atom. The minimum atomic E-state index is 0.0955. The van der Waals surface area contributed by atoms with Gasteiger partial charge in [0.2, 0.25) is 0 Å². The van der Waals surface area contributed by atoms with Crippen molar-refractivity contribution in [3.63, 3.8) is 0 Å². The van der Waals surface area contributed by atoms with Crippen LogP contribution < -0.4 is 14.8 Å². The lowest BCUT2D eigenvalue weighted by Gasteiger charge is -2.16. The molecule has 0 aromatic heterocycles. The lowest BCUT2D eigenvalue weighted by Crippen LogP contribution is -2.22. The lowest BCUT2D eigenvalue weighted by molar-refractivity contribution is 0.234. The van der Waals surface area contributed by atoms with Crippen LogP contribution in [0.15, 0.2) is 48.5 Å². The summed E-state index contributed by atoms with van der Waals surface area (Å²) >= 11 is 0. The highest BCUT2D eigenvalue weighted by Gasteiger charge is 2.04. The summed E-state index contributed by atoms with van der Waals surface area (Å²) in [5.74, 6) is 1.83. The van der Waals surface area contributed by atoms with Gasteiger partial charge in [-0.25, -0.2) is 0 Å². The van der Waals surface area contributed by atoms with E-state index in [1.165, 1.54) is 5.56 Å². The van der Waals surface area contributed by atoms with Crippen LogP contribution in [-0.2, 0) is 0 Å². The largest absolute Gasteiger partial charge is 0.494 e. The van der Waals surface area contributed by atoms with Gasteiger partial charge in [-0.05, 0) is 56.7 Å². The maximum atomic E-state index is 5.89. The Labute approximate surface area is 139 Å². The zero-order chi connectivity index (χ0) is 16.5. The van der Waals surface area contributed by atoms with E-state index in [4.69, 9.17) is 9.47 Å². The Balaban J connectivity index is 1.75. The van der Waals surface area contributed by atoms with Crippen LogP contribution in [-0.4, -0.2) is 19.3 Å². The zero-order valence-electron chi connectivity index (χ0n) is 14.3. The first kappa shape index (κ1) is 17.2. The van der Waals surface area contributed by atoms with E-state index >= 15 is 0 Å². The topological polar surface area (TPSA) is 30.5 Å². The quantitative estimate of drug-likeness (QED) is 0.657. The summed E-state index contributed by atoms with van der Waals surface area (Å²) < 4.78 is 11.6. The molecule has 1 N–H and O–H groups in total. The first-order chi connectivity index (χ1) is 11.2. The molecule has 0 amide bonds. The van der Waals surface area contributed by atoms with Crippen LogP contribution in [0.5, 0.6) is 11.5 Å². The number of aryl methyl sites for hydroxylation is 1. The maximum Gasteiger partial charge on any atom is 0.119 e. The number of benzene rings is 2. The standard InChI is InChI=1S/C20H27NO2/c1-4-5-14-22-19-12-8-18(9-13-19)21-15-17(3)23-20-10-6-16(2)7-11-20/h6-13,17,21H,4-5,14-15H2,1-3H3. The van der Waals surface area contributed by atoms with E-state index in [9.17, 15) is 0 Å². The van der Waals surface area contributed by atoms with Crippen molar-refractivity contribution < 1.29 is 9.47 Å². The number of unbranched alkanes of at least 4 members (excludes halogenated alkanes) is 1. The smallest absolute Gasteiger partial charge is 0.119 e. The van der Waals surface area contributed by atoms with Crippen LogP contribution in [0.1, 0.15) is 32.3 Å². The van der Waals surface area contributed by atoms with Gasteiger partial charge >= 0.3 is 0 Å². The number of ether oxygens (including phenoxy) is 2. The van der Waals surface area contributed by atoms with Crippen molar-refractivity contribution >= 4 is 5.69 Å². The molecule has 0 spiro atoms. The van der Waals surface area contributed by atoms with E-state index in [2.05, 4.69) is 38.2 Å². The molecule has 0 radical (unpaired) electrons. The predicted molar refractivity (Wildman–Crippen MR) is 96.6 cm³/mol. The molecule has 0 aliphatic rings. The van der Waals surface area contributed by atoms with Crippen LogP contribution in [0.3, 0.4) is 0 Å². The van der Waals surface area contributed by atoms with Crippen molar-refractivity contribution in [2.24, 2.45) is 0 Å². The minimum Gasteiger partial charge on any atom is -0.494 e. The summed E-state index contributed by atoms with van der Waals surface area (Å²) in [6.45, 7) is 7.84. The summed E-state index contributed by atoms with van der Waals surface area (Å²) in [5, 5.41) is 3.39. The third-order valence-electron chi connectivity index (χ3n) is 3.57. The second kappa shape index (κ2) is 9.09. The van der Waals surface area contributed by atoms with Crippen LogP contribution in [0.2, 0.25) is 0 Å². The molecule has 1 unspecified atom stereocenters. The van der Waals surface area contributed by atoms with Gasteiger partial charge in [-0.2, -0.15) is 0 Å². The molecule has 0 fully saturated rings. The van der Waals surface area contributed by atoms with E-state index < -0.39 is 0 Å². The van der Waals surface area contributed by atoms with Crippen molar-refractivity contribution in [2.45, 2.75) is 39.7 Å². The Morgan fingerprint density at radius 3 is 2.26 bits per heavy atom. The molecule has 3 heteroatoms. The molecule has 2 aromatic carbocycles. The second-order valence-electron chi connectivity index (χ2n) is 5.85. The monoisotopic (exact) mass is 313 g/mol. The predicted octanol–water partition coefficient (Wildman–Crippen LogP) is 5.05. The summed E-state index contributed by atoms with van der Waals surface area (Å²) in [5.41, 5.74) is 2.32. The minimum absolute atomic E-state index is 0.0955. The molecule has 0 aliphatic carbocycles. The first-order valence-electron chi connectivity index (χ1n) is 8.37. The number of hydrogen-bond donors (Lipinski definition) is 1. The SMILES string of the molecule is CCCCOc1ccc(NCC(C)Oc2ccc(C)cc2)cc1. The molecule has 2 aromatic rings. The van der Waals surface area contributed by atoms with Crippen molar-refractivity contribution in [3.8, 4) is 11.5 Å². The number of rotatable bonds is 9. The van der Waals surface area contributed by atoms with Crippen molar-refractivity contribution in [1.82, 2.24) is 0 Å². The molecule has 23 heavy (non-hydrogen) atoms. The summed E-state index contributed by atoms with van der Waals surface area (Å²) in [6.07, 6.45) is 2.34. The van der Waals surface area contributed by atoms with E-state index in [1.54, 1.807) is 0 Å². The molecule has 3 nitrogen and oxygen atoms in total. The van der Waals surface area contributed by atoms with Crippen LogP contribution in [0.25, 0.3) is 0 Å². The van der Waals surface area contributed by atoms with E-state index in [0.29, 0.717) is 0 Å². The summed E-state index contributed by atoms with van der Waals surface area (Å²) in [7, 11) is 0. The van der Waals surface area contributed by atoms with Gasteiger partial charge in [-0.1, -0.05) is 31.0 Å². The highest BCUT2D eigenvalue weighted by Crippen LogP contribution is 2.17. The molecule has 1 atom stereocenters. The highest BCUT2D eigenvalue weighted by atomic mass is 16.5. The van der Waals surface area contributed by atoms with Crippen LogP contribution in [0, 0.1) is 6.92 Å². The first-order valence-corrected chi connectivity index (χ1v) is 8.37. The fraction of sp³-hybridized carbons (Fsp3) is 0.400. The maximum absolute atomic E-state index is 5.89. The van der Waals surface area contributed by atoms with Gasteiger partial charge in [0.05, 0.1) is 13.2 Å². The third kappa shape index (κ3) is 6.23. The van der Waals surface area contributed by atoms with Gasteiger partial charge < -0.3 is 14.8 Å². The van der Waals surface area contributed by atoms with Crippen molar-refractivity contribution in [2.75, 3.05) is 18.5 Å². The molecule has 2 rings (SSSR count). The van der Waals surface area contributed by atoms with Crippen molar-refractivity contribution in [3.05, 3.63) is 54.1 Å². The van der Waals surface area contributed by atoms with E-state index in [1.807, 2.05) is 36.4 Å². The molecular weight excluding hydrogens is 286 g/mol. The summed E-state index contributed by atoms with van der Waals surface area (Å²) in [4.78, 5) is 0. The van der Waals surface area contributed by atoms with Gasteiger partial charge in [0.25, 0.3) is 0 Å². The molecule has 0 aliphatic heterocycles. The highest BCUT2D eigenvalue weighted by molar-refractivity contribution is 5.46. The van der Waals surface area contributed by atoms with Gasteiger partial charge in [0, 0.05) is 5.69 Å². The third-order valence-corrected chi connectivity index (χ3v) is 3.57. The average Bonchev–Trinajstić information content (AvgIpc) is 2.56. The summed E-state index contributed by atoms with van der Waals surface area (Å²) in [6, 6.07) is 16.2. The average molecular weight is 313 g/mol. The Morgan fingerprint density at radius 2 is 1.61 bits per heavy atom. The molecule has 0 heterocycles. The number of anilines is 1. The molecule has 0 saturated carbocycles. The number of nitrogens with one attached hydrogen (secondary N) is 1. The normalized spacial score (nSPS) is 11.8. The van der Waals surface area contributed by atoms with Crippen LogP contribution >= 0.6 is 0 Å². The number of hydrogen-bond acceptors (Lipinski definition) is 3. The van der Waals surface area contributed by atoms with E-state index in [0.717, 1.165) is 43.2 Å². The second-order valence-corrected chi connectivity index (χ2v) is 5.85. The Kier molecular flexibility index (Phi) is 6.79. The lowest BCUT2D eigenvalue weighted by atomic mass is 10.2. The van der Waals surface area contributed by atoms with Crippen molar-refractivity contribution in [1.29, 1.82) is 0 Å².